The summed E-state index contributed by atoms with van der Waals surface area (Å²) >= 11 is 0. The van der Waals surface area contributed by atoms with Crippen LogP contribution in [-0.2, 0) is 6.18 Å². The van der Waals surface area contributed by atoms with E-state index in [1.807, 2.05) is 6.92 Å². The molecule has 1 rings (SSSR count). The fourth-order valence-corrected chi connectivity index (χ4v) is 0.858. The van der Waals surface area contributed by atoms with Crippen LogP contribution in [0, 0.1) is 0 Å². The van der Waals surface area contributed by atoms with Crippen LogP contribution in [0.1, 0.15) is 30.8 Å². The van der Waals surface area contributed by atoms with Crippen molar-refractivity contribution in [1.82, 2.24) is 9.97 Å². The molecule has 0 amide bonds. The highest BCUT2D eigenvalue weighted by Crippen LogP contribution is 2.28. The Balaban J connectivity index is 2.89. The van der Waals surface area contributed by atoms with Crippen molar-refractivity contribution < 1.29 is 13.2 Å². The number of halogens is 3. The maximum Gasteiger partial charge on any atom is 0.419 e. The molecule has 0 saturated carbocycles. The first-order valence-corrected chi connectivity index (χ1v) is 4.10. The Morgan fingerprint density at radius 3 is 2.21 bits per heavy atom. The van der Waals surface area contributed by atoms with Gasteiger partial charge in [-0.2, -0.15) is 13.2 Å². The largest absolute Gasteiger partial charge is 0.419 e. The summed E-state index contributed by atoms with van der Waals surface area (Å²) in [6.45, 7) is 1.81. The third-order valence-corrected chi connectivity index (χ3v) is 1.77. The highest BCUT2D eigenvalue weighted by molar-refractivity contribution is 5.10. The van der Waals surface area contributed by atoms with Gasteiger partial charge in [0.2, 0.25) is 0 Å². The molecule has 0 aliphatic rings. The van der Waals surface area contributed by atoms with Gasteiger partial charge in [0.1, 0.15) is 5.82 Å². The van der Waals surface area contributed by atoms with Gasteiger partial charge < -0.3 is 5.73 Å². The Kier molecular flexibility index (Phi) is 3.05. The zero-order valence-electron chi connectivity index (χ0n) is 7.54. The number of nitrogens with two attached hydrogens (primary N) is 1. The fraction of sp³-hybridized carbons (Fsp3) is 0.500. The summed E-state index contributed by atoms with van der Waals surface area (Å²) in [6.07, 6.45) is -2.31. The normalized spacial score (nSPS) is 14.1. The molecular weight excluding hydrogens is 195 g/mol. The van der Waals surface area contributed by atoms with Gasteiger partial charge in [-0.1, -0.05) is 6.92 Å². The number of nitrogens with zero attached hydrogens (tertiary/aromatic N) is 2. The molecule has 1 aromatic rings. The molecule has 0 saturated heterocycles. The van der Waals surface area contributed by atoms with E-state index in [-0.39, 0.29) is 5.82 Å². The molecule has 0 fully saturated rings. The van der Waals surface area contributed by atoms with Crippen molar-refractivity contribution in [2.24, 2.45) is 5.73 Å². The average Bonchev–Trinajstić information content (AvgIpc) is 2.15. The smallest absolute Gasteiger partial charge is 0.321 e. The number of hydrogen-bond donors (Lipinski definition) is 1. The van der Waals surface area contributed by atoms with E-state index in [2.05, 4.69) is 9.97 Å². The van der Waals surface area contributed by atoms with E-state index in [4.69, 9.17) is 5.73 Å². The highest BCUT2D eigenvalue weighted by Gasteiger charge is 2.31. The van der Waals surface area contributed by atoms with Gasteiger partial charge in [-0.3, -0.25) is 0 Å². The summed E-state index contributed by atoms with van der Waals surface area (Å²) in [7, 11) is 0. The standard InChI is InChI=1S/C8H10F3N3/c1-2-6(12)7-13-3-5(4-14-7)8(9,10)11/h3-4,6H,2,12H2,1H3/t6-/m0/s1. The maximum atomic E-state index is 12.1. The first kappa shape index (κ1) is 10.9. The van der Waals surface area contributed by atoms with Crippen molar-refractivity contribution >= 4 is 0 Å². The Morgan fingerprint density at radius 2 is 1.86 bits per heavy atom. The molecule has 1 aromatic heterocycles. The minimum atomic E-state index is -4.39. The third-order valence-electron chi connectivity index (χ3n) is 1.77. The lowest BCUT2D eigenvalue weighted by Gasteiger charge is -2.09. The predicted molar refractivity (Wildman–Crippen MR) is 44.3 cm³/mol. The van der Waals surface area contributed by atoms with Crippen molar-refractivity contribution in [3.05, 3.63) is 23.8 Å². The van der Waals surface area contributed by atoms with E-state index in [0.29, 0.717) is 6.42 Å². The molecule has 0 aliphatic heterocycles. The lowest BCUT2D eigenvalue weighted by Crippen LogP contribution is -2.14. The van der Waals surface area contributed by atoms with Crippen LogP contribution < -0.4 is 5.73 Å². The van der Waals surface area contributed by atoms with Crippen LogP contribution in [0.2, 0.25) is 0 Å². The minimum Gasteiger partial charge on any atom is -0.321 e. The molecule has 0 spiro atoms. The van der Waals surface area contributed by atoms with Gasteiger partial charge in [-0.15, -0.1) is 0 Å². The second-order valence-corrected chi connectivity index (χ2v) is 2.84. The molecule has 14 heavy (non-hydrogen) atoms. The Hall–Kier alpha value is -1.17. The minimum absolute atomic E-state index is 0.237. The molecule has 2 N–H and O–H groups in total. The van der Waals surface area contributed by atoms with Gasteiger partial charge >= 0.3 is 6.18 Å². The van der Waals surface area contributed by atoms with Gasteiger partial charge in [0.15, 0.2) is 0 Å². The molecule has 1 atom stereocenters. The maximum absolute atomic E-state index is 12.1. The predicted octanol–water partition coefficient (Wildman–Crippen LogP) is 1.91. The van der Waals surface area contributed by atoms with Gasteiger partial charge in [0, 0.05) is 12.4 Å². The van der Waals surface area contributed by atoms with Crippen molar-refractivity contribution in [1.29, 1.82) is 0 Å². The Morgan fingerprint density at radius 1 is 1.36 bits per heavy atom. The lowest BCUT2D eigenvalue weighted by atomic mass is 10.2. The third kappa shape index (κ3) is 2.41. The van der Waals surface area contributed by atoms with Crippen molar-refractivity contribution in [2.75, 3.05) is 0 Å². The summed E-state index contributed by atoms with van der Waals surface area (Å²) in [4.78, 5) is 7.12. The van der Waals surface area contributed by atoms with Crippen LogP contribution in [0.3, 0.4) is 0 Å². The van der Waals surface area contributed by atoms with Crippen molar-refractivity contribution in [3.63, 3.8) is 0 Å². The quantitative estimate of drug-likeness (QED) is 0.802. The van der Waals surface area contributed by atoms with Crippen molar-refractivity contribution in [3.8, 4) is 0 Å². The molecule has 0 unspecified atom stereocenters. The molecule has 0 aliphatic carbocycles. The molecule has 3 nitrogen and oxygen atoms in total. The van der Waals surface area contributed by atoms with Gasteiger partial charge in [0.25, 0.3) is 0 Å². The van der Waals surface area contributed by atoms with E-state index in [1.165, 1.54) is 0 Å². The second-order valence-electron chi connectivity index (χ2n) is 2.84. The van der Waals surface area contributed by atoms with E-state index in [0.717, 1.165) is 12.4 Å². The van der Waals surface area contributed by atoms with Crippen LogP contribution in [-0.4, -0.2) is 9.97 Å². The molecule has 6 heteroatoms. The zero-order chi connectivity index (χ0) is 10.8. The van der Waals surface area contributed by atoms with Crippen LogP contribution in [0.4, 0.5) is 13.2 Å². The molecule has 0 bridgehead atoms. The average molecular weight is 205 g/mol. The molecular formula is C8H10F3N3. The van der Waals surface area contributed by atoms with Crippen LogP contribution >= 0.6 is 0 Å². The molecule has 0 aromatic carbocycles. The molecule has 0 radical (unpaired) electrons. The van der Waals surface area contributed by atoms with Gasteiger partial charge in [0.05, 0.1) is 11.6 Å². The number of hydrogen-bond acceptors (Lipinski definition) is 3. The monoisotopic (exact) mass is 205 g/mol. The number of alkyl halides is 3. The van der Waals surface area contributed by atoms with Crippen LogP contribution in [0.25, 0.3) is 0 Å². The van der Waals surface area contributed by atoms with E-state index in [1.54, 1.807) is 0 Å². The van der Waals surface area contributed by atoms with E-state index in [9.17, 15) is 13.2 Å². The summed E-state index contributed by atoms with van der Waals surface area (Å²) in [5.74, 6) is 0.237. The molecule has 78 valence electrons. The lowest BCUT2D eigenvalue weighted by molar-refractivity contribution is -0.138. The first-order chi connectivity index (χ1) is 6.45. The highest BCUT2D eigenvalue weighted by atomic mass is 19.4. The number of rotatable bonds is 2. The molecule has 1 heterocycles. The summed E-state index contributed by atoms with van der Waals surface area (Å²) in [5, 5.41) is 0. The fourth-order valence-electron chi connectivity index (χ4n) is 0.858. The van der Waals surface area contributed by atoms with Crippen LogP contribution in [0.5, 0.6) is 0 Å². The second kappa shape index (κ2) is 3.91. The van der Waals surface area contributed by atoms with Gasteiger partial charge in [-0.25, -0.2) is 9.97 Å². The Bertz CT molecular complexity index is 294. The Labute approximate surface area is 79.2 Å². The topological polar surface area (TPSA) is 51.8 Å². The van der Waals surface area contributed by atoms with Crippen molar-refractivity contribution in [2.45, 2.75) is 25.6 Å². The summed E-state index contributed by atoms with van der Waals surface area (Å²) in [5.41, 5.74) is 4.69. The van der Waals surface area contributed by atoms with Crippen LogP contribution in [0.15, 0.2) is 12.4 Å². The zero-order valence-corrected chi connectivity index (χ0v) is 7.54. The van der Waals surface area contributed by atoms with E-state index >= 15 is 0 Å². The number of aromatic nitrogens is 2. The van der Waals surface area contributed by atoms with E-state index < -0.39 is 17.8 Å². The summed E-state index contributed by atoms with van der Waals surface area (Å²) in [6, 6.07) is -0.405. The first-order valence-electron chi connectivity index (χ1n) is 4.10. The van der Waals surface area contributed by atoms with Gasteiger partial charge in [-0.05, 0) is 6.42 Å². The summed E-state index contributed by atoms with van der Waals surface area (Å²) < 4.78 is 36.3. The SMILES string of the molecule is CC[C@H](N)c1ncc(C(F)(F)F)cn1.